The zero-order valence-electron chi connectivity index (χ0n) is 10.8. The second kappa shape index (κ2) is 5.19. The van der Waals surface area contributed by atoms with E-state index in [1.807, 2.05) is 0 Å². The lowest BCUT2D eigenvalue weighted by Gasteiger charge is -2.22. The van der Waals surface area contributed by atoms with Gasteiger partial charge in [0.2, 0.25) is 0 Å². The average molecular weight is 233 g/mol. The molecule has 1 aliphatic rings. The summed E-state index contributed by atoms with van der Waals surface area (Å²) in [6, 6.07) is 8.56. The van der Waals surface area contributed by atoms with Crippen LogP contribution in [0, 0.1) is 5.92 Å². The van der Waals surface area contributed by atoms with Crippen molar-refractivity contribution in [3.63, 3.8) is 0 Å². The van der Waals surface area contributed by atoms with E-state index in [1.54, 1.807) is 0 Å². The minimum absolute atomic E-state index is 0.101. The SMILES string of the molecule is CC(C)c1ccc(C(CN)C(O)C2CC2)cc1. The highest BCUT2D eigenvalue weighted by Crippen LogP contribution is 2.38. The van der Waals surface area contributed by atoms with Crippen molar-refractivity contribution in [3.8, 4) is 0 Å². The first kappa shape index (κ1) is 12.6. The van der Waals surface area contributed by atoms with Gasteiger partial charge in [0.25, 0.3) is 0 Å². The second-order valence-electron chi connectivity index (χ2n) is 5.49. The van der Waals surface area contributed by atoms with Crippen molar-refractivity contribution in [1.29, 1.82) is 0 Å². The topological polar surface area (TPSA) is 46.2 Å². The Morgan fingerprint density at radius 3 is 2.12 bits per heavy atom. The van der Waals surface area contributed by atoms with Crippen LogP contribution in [0.25, 0.3) is 0 Å². The molecule has 0 aliphatic heterocycles. The van der Waals surface area contributed by atoms with Crippen molar-refractivity contribution in [1.82, 2.24) is 0 Å². The van der Waals surface area contributed by atoms with E-state index in [2.05, 4.69) is 38.1 Å². The highest BCUT2D eigenvalue weighted by Gasteiger charge is 2.35. The van der Waals surface area contributed by atoms with Crippen LogP contribution < -0.4 is 5.73 Å². The molecular weight excluding hydrogens is 210 g/mol. The van der Waals surface area contributed by atoms with E-state index < -0.39 is 0 Å². The lowest BCUT2D eigenvalue weighted by Crippen LogP contribution is -2.27. The Kier molecular flexibility index (Phi) is 3.85. The molecule has 2 unspecified atom stereocenters. The first-order valence-electron chi connectivity index (χ1n) is 6.61. The molecule has 0 amide bonds. The molecular formula is C15H23NO. The summed E-state index contributed by atoms with van der Waals surface area (Å²) in [7, 11) is 0. The molecule has 2 nitrogen and oxygen atoms in total. The summed E-state index contributed by atoms with van der Waals surface area (Å²) in [6.07, 6.45) is 2.05. The van der Waals surface area contributed by atoms with Crippen LogP contribution in [0.4, 0.5) is 0 Å². The van der Waals surface area contributed by atoms with Crippen molar-refractivity contribution in [3.05, 3.63) is 35.4 Å². The van der Waals surface area contributed by atoms with E-state index in [9.17, 15) is 5.11 Å². The molecule has 0 spiro atoms. The van der Waals surface area contributed by atoms with Crippen molar-refractivity contribution in [2.45, 2.75) is 44.6 Å². The summed E-state index contributed by atoms with van der Waals surface area (Å²) in [5.41, 5.74) is 8.32. The van der Waals surface area contributed by atoms with Gasteiger partial charge in [-0.15, -0.1) is 0 Å². The first-order valence-corrected chi connectivity index (χ1v) is 6.61. The summed E-state index contributed by atoms with van der Waals surface area (Å²) < 4.78 is 0. The molecule has 2 atom stereocenters. The molecule has 94 valence electrons. The smallest absolute Gasteiger partial charge is 0.0648 e. The Bertz CT molecular complexity index is 354. The maximum Gasteiger partial charge on any atom is 0.0648 e. The predicted molar refractivity (Wildman–Crippen MR) is 71.1 cm³/mol. The maximum atomic E-state index is 10.2. The monoisotopic (exact) mass is 233 g/mol. The summed E-state index contributed by atoms with van der Waals surface area (Å²) >= 11 is 0. The molecule has 2 heteroatoms. The molecule has 0 heterocycles. The van der Waals surface area contributed by atoms with Gasteiger partial charge in [0, 0.05) is 12.5 Å². The zero-order chi connectivity index (χ0) is 12.4. The molecule has 3 N–H and O–H groups in total. The van der Waals surface area contributed by atoms with Crippen molar-refractivity contribution in [2.75, 3.05) is 6.54 Å². The summed E-state index contributed by atoms with van der Waals surface area (Å²) in [4.78, 5) is 0. The Labute approximate surface area is 104 Å². The van der Waals surface area contributed by atoms with Gasteiger partial charge in [-0.25, -0.2) is 0 Å². The first-order chi connectivity index (χ1) is 8.13. The molecule has 1 fully saturated rings. The van der Waals surface area contributed by atoms with Crippen LogP contribution in [-0.4, -0.2) is 17.8 Å². The fourth-order valence-corrected chi connectivity index (χ4v) is 2.37. The molecule has 1 aliphatic carbocycles. The molecule has 1 saturated carbocycles. The summed E-state index contributed by atoms with van der Waals surface area (Å²) in [6.45, 7) is 4.90. The van der Waals surface area contributed by atoms with Crippen LogP contribution >= 0.6 is 0 Å². The second-order valence-corrected chi connectivity index (χ2v) is 5.49. The molecule has 1 aromatic rings. The molecule has 0 radical (unpaired) electrons. The normalized spacial score (nSPS) is 19.4. The third kappa shape index (κ3) is 2.88. The Morgan fingerprint density at radius 1 is 1.18 bits per heavy atom. The largest absolute Gasteiger partial charge is 0.392 e. The Hall–Kier alpha value is -0.860. The minimum atomic E-state index is -0.259. The maximum absolute atomic E-state index is 10.2. The quantitative estimate of drug-likeness (QED) is 0.821. The average Bonchev–Trinajstić information content (AvgIpc) is 3.14. The molecule has 1 aromatic carbocycles. The van der Waals surface area contributed by atoms with Gasteiger partial charge in [-0.2, -0.15) is 0 Å². The van der Waals surface area contributed by atoms with Gasteiger partial charge in [-0.1, -0.05) is 38.1 Å². The van der Waals surface area contributed by atoms with Crippen LogP contribution in [0.15, 0.2) is 24.3 Å². The Morgan fingerprint density at radius 2 is 1.71 bits per heavy atom. The van der Waals surface area contributed by atoms with Gasteiger partial charge >= 0.3 is 0 Å². The fourth-order valence-electron chi connectivity index (χ4n) is 2.37. The highest BCUT2D eigenvalue weighted by atomic mass is 16.3. The Balaban J connectivity index is 2.13. The number of hydrogen-bond donors (Lipinski definition) is 2. The van der Waals surface area contributed by atoms with Crippen LogP contribution in [0.1, 0.15) is 49.7 Å². The lowest BCUT2D eigenvalue weighted by molar-refractivity contribution is 0.123. The number of benzene rings is 1. The summed E-state index contributed by atoms with van der Waals surface area (Å²) in [5.74, 6) is 1.13. The zero-order valence-corrected chi connectivity index (χ0v) is 10.8. The van der Waals surface area contributed by atoms with E-state index in [0.717, 1.165) is 12.8 Å². The van der Waals surface area contributed by atoms with Gasteiger partial charge in [-0.3, -0.25) is 0 Å². The number of rotatable bonds is 5. The van der Waals surface area contributed by atoms with Gasteiger partial charge < -0.3 is 10.8 Å². The molecule has 0 saturated heterocycles. The van der Waals surface area contributed by atoms with E-state index >= 15 is 0 Å². The van der Waals surface area contributed by atoms with Gasteiger partial charge in [0.05, 0.1) is 6.10 Å². The standard InChI is InChI=1S/C15H23NO/c1-10(2)11-3-5-12(6-4-11)14(9-16)15(17)13-7-8-13/h3-6,10,13-15,17H,7-9,16H2,1-2H3. The number of aliphatic hydroxyl groups is 1. The number of nitrogens with two attached hydrogens (primary N) is 1. The lowest BCUT2D eigenvalue weighted by atomic mass is 9.89. The fraction of sp³-hybridized carbons (Fsp3) is 0.600. The van der Waals surface area contributed by atoms with E-state index in [4.69, 9.17) is 5.73 Å². The molecule has 0 bridgehead atoms. The van der Waals surface area contributed by atoms with Gasteiger partial charge in [0.15, 0.2) is 0 Å². The van der Waals surface area contributed by atoms with Crippen LogP contribution in [-0.2, 0) is 0 Å². The molecule has 2 rings (SSSR count). The van der Waals surface area contributed by atoms with E-state index in [-0.39, 0.29) is 12.0 Å². The van der Waals surface area contributed by atoms with Gasteiger partial charge in [0.1, 0.15) is 0 Å². The van der Waals surface area contributed by atoms with E-state index in [1.165, 1.54) is 11.1 Å². The van der Waals surface area contributed by atoms with Crippen LogP contribution in [0.5, 0.6) is 0 Å². The highest BCUT2D eigenvalue weighted by molar-refractivity contribution is 5.28. The van der Waals surface area contributed by atoms with Crippen LogP contribution in [0.2, 0.25) is 0 Å². The predicted octanol–water partition coefficient (Wildman–Crippen LogP) is 2.62. The molecule has 0 aromatic heterocycles. The van der Waals surface area contributed by atoms with Crippen LogP contribution in [0.3, 0.4) is 0 Å². The third-order valence-corrected chi connectivity index (χ3v) is 3.80. The van der Waals surface area contributed by atoms with E-state index in [0.29, 0.717) is 18.4 Å². The van der Waals surface area contributed by atoms with Crippen molar-refractivity contribution in [2.24, 2.45) is 11.7 Å². The summed E-state index contributed by atoms with van der Waals surface area (Å²) in [5, 5.41) is 10.2. The minimum Gasteiger partial charge on any atom is -0.392 e. The molecule has 17 heavy (non-hydrogen) atoms. The number of aliphatic hydroxyl groups excluding tert-OH is 1. The number of hydrogen-bond acceptors (Lipinski definition) is 2. The van der Waals surface area contributed by atoms with Crippen molar-refractivity contribution < 1.29 is 5.11 Å². The van der Waals surface area contributed by atoms with Gasteiger partial charge in [-0.05, 0) is 35.8 Å². The third-order valence-electron chi connectivity index (χ3n) is 3.80. The van der Waals surface area contributed by atoms with Crippen molar-refractivity contribution >= 4 is 0 Å².